The van der Waals surface area contributed by atoms with Gasteiger partial charge in [-0.15, -0.1) is 0 Å². The number of ether oxygens (including phenoxy) is 1. The second-order valence-corrected chi connectivity index (χ2v) is 6.64. The maximum Gasteiger partial charge on any atom is 0.330 e. The minimum atomic E-state index is -0.488. The summed E-state index contributed by atoms with van der Waals surface area (Å²) in [7, 11) is 0. The number of benzene rings is 1. The molecule has 0 saturated carbocycles. The molecular weight excluding hydrogens is 325 g/mol. The molecule has 1 atom stereocenters. The number of nitrogens with zero attached hydrogens (tertiary/aromatic N) is 1. The molecular formula is C18H22FN3O3. The first-order valence-electron chi connectivity index (χ1n) is 8.36. The van der Waals surface area contributed by atoms with Crippen LogP contribution in [0.2, 0.25) is 0 Å². The van der Waals surface area contributed by atoms with Gasteiger partial charge >= 0.3 is 5.69 Å². The highest BCUT2D eigenvalue weighted by Crippen LogP contribution is 2.32. The van der Waals surface area contributed by atoms with Gasteiger partial charge in [0.2, 0.25) is 0 Å². The van der Waals surface area contributed by atoms with E-state index in [-0.39, 0.29) is 17.4 Å². The van der Waals surface area contributed by atoms with E-state index in [2.05, 4.69) is 10.3 Å². The highest BCUT2D eigenvalue weighted by molar-refractivity contribution is 5.47. The Labute approximate surface area is 144 Å². The van der Waals surface area contributed by atoms with Crippen molar-refractivity contribution in [2.24, 2.45) is 0 Å². The summed E-state index contributed by atoms with van der Waals surface area (Å²) in [6, 6.07) is 2.48. The van der Waals surface area contributed by atoms with E-state index in [4.69, 9.17) is 4.74 Å². The predicted octanol–water partition coefficient (Wildman–Crippen LogP) is 2.67. The van der Waals surface area contributed by atoms with Crippen LogP contribution < -0.4 is 21.3 Å². The molecule has 7 heteroatoms. The third-order valence-corrected chi connectivity index (χ3v) is 4.52. The second kappa shape index (κ2) is 6.38. The summed E-state index contributed by atoms with van der Waals surface area (Å²) < 4.78 is 21.0. The third-order valence-electron chi connectivity index (χ3n) is 4.52. The van der Waals surface area contributed by atoms with E-state index < -0.39 is 11.7 Å². The number of hydrogen-bond acceptors (Lipinski definition) is 4. The summed E-state index contributed by atoms with van der Waals surface area (Å²) in [4.78, 5) is 27.2. The molecule has 1 aromatic heterocycles. The van der Waals surface area contributed by atoms with Gasteiger partial charge in [-0.2, -0.15) is 0 Å². The Morgan fingerprint density at radius 3 is 2.68 bits per heavy atom. The van der Waals surface area contributed by atoms with Crippen molar-refractivity contribution >= 4 is 5.82 Å². The van der Waals surface area contributed by atoms with Crippen LogP contribution in [0.15, 0.2) is 21.7 Å². The summed E-state index contributed by atoms with van der Waals surface area (Å²) in [6.45, 7) is 7.50. The zero-order valence-electron chi connectivity index (χ0n) is 14.8. The maximum atomic E-state index is 14.4. The normalized spacial score (nSPS) is 14.3. The molecule has 3 rings (SSSR count). The SMILES string of the molecule is Cc1c(N[C@@H](C)c2cc3c(cc2F)CCO3)[nH]c(=O)n(C(C)C)c1=O. The quantitative estimate of drug-likeness (QED) is 0.892. The van der Waals surface area contributed by atoms with Crippen LogP contribution >= 0.6 is 0 Å². The smallest absolute Gasteiger partial charge is 0.330 e. The van der Waals surface area contributed by atoms with Crippen molar-refractivity contribution in [1.29, 1.82) is 0 Å². The molecule has 2 aromatic rings. The van der Waals surface area contributed by atoms with Crippen LogP contribution in [0, 0.1) is 12.7 Å². The summed E-state index contributed by atoms with van der Waals surface area (Å²) in [5.41, 5.74) is 0.828. The molecule has 0 amide bonds. The van der Waals surface area contributed by atoms with Gasteiger partial charge in [0.1, 0.15) is 17.4 Å². The van der Waals surface area contributed by atoms with Gasteiger partial charge in [0, 0.05) is 23.6 Å². The van der Waals surface area contributed by atoms with E-state index >= 15 is 0 Å². The number of fused-ring (bicyclic) bond motifs is 1. The van der Waals surface area contributed by atoms with Crippen molar-refractivity contribution in [3.63, 3.8) is 0 Å². The van der Waals surface area contributed by atoms with Crippen LogP contribution in [-0.2, 0) is 6.42 Å². The summed E-state index contributed by atoms with van der Waals surface area (Å²) in [5, 5.41) is 3.04. The standard InChI is InChI=1S/C18H22FN3O3/c1-9(2)22-17(23)10(3)16(21-18(22)24)20-11(4)13-8-15-12(5-6-25-15)7-14(13)19/h7-9,11,20H,5-6H2,1-4H3,(H,21,24)/t11-/m0/s1. The van der Waals surface area contributed by atoms with E-state index in [9.17, 15) is 14.0 Å². The van der Waals surface area contributed by atoms with Gasteiger partial charge in [-0.1, -0.05) is 0 Å². The predicted molar refractivity (Wildman–Crippen MR) is 94.1 cm³/mol. The highest BCUT2D eigenvalue weighted by atomic mass is 19.1. The van der Waals surface area contributed by atoms with Gasteiger partial charge in [-0.3, -0.25) is 14.3 Å². The van der Waals surface area contributed by atoms with Crippen LogP contribution in [-0.4, -0.2) is 16.2 Å². The van der Waals surface area contributed by atoms with Gasteiger partial charge in [0.05, 0.1) is 18.2 Å². The Bertz CT molecular complexity index is 930. The molecule has 0 spiro atoms. The largest absolute Gasteiger partial charge is 0.493 e. The average molecular weight is 347 g/mol. The number of H-pyrrole nitrogens is 1. The zero-order chi connectivity index (χ0) is 18.3. The minimum Gasteiger partial charge on any atom is -0.493 e. The van der Waals surface area contributed by atoms with E-state index in [1.54, 1.807) is 33.8 Å². The molecule has 0 fully saturated rings. The first-order valence-corrected chi connectivity index (χ1v) is 8.36. The van der Waals surface area contributed by atoms with Crippen LogP contribution in [0.1, 0.15) is 49.5 Å². The number of halogens is 1. The summed E-state index contributed by atoms with van der Waals surface area (Å²) in [5.74, 6) is 0.658. The minimum absolute atomic E-state index is 0.243. The number of rotatable bonds is 4. The fourth-order valence-corrected chi connectivity index (χ4v) is 3.09. The fourth-order valence-electron chi connectivity index (χ4n) is 3.09. The molecule has 6 nitrogen and oxygen atoms in total. The number of nitrogens with one attached hydrogen (secondary N) is 2. The Balaban J connectivity index is 1.96. The van der Waals surface area contributed by atoms with Gasteiger partial charge in [0.25, 0.3) is 5.56 Å². The number of aromatic nitrogens is 2. The molecule has 0 unspecified atom stereocenters. The molecule has 25 heavy (non-hydrogen) atoms. The van der Waals surface area contributed by atoms with E-state index in [0.29, 0.717) is 35.7 Å². The molecule has 1 aliphatic rings. The number of anilines is 1. The molecule has 1 aromatic carbocycles. The van der Waals surface area contributed by atoms with E-state index in [1.807, 2.05) is 0 Å². The molecule has 0 saturated heterocycles. The van der Waals surface area contributed by atoms with Crippen molar-refractivity contribution in [2.45, 2.75) is 46.2 Å². The number of hydrogen-bond donors (Lipinski definition) is 2. The zero-order valence-corrected chi connectivity index (χ0v) is 14.8. The maximum absolute atomic E-state index is 14.4. The van der Waals surface area contributed by atoms with Crippen molar-refractivity contribution < 1.29 is 9.13 Å². The fraction of sp³-hybridized carbons (Fsp3) is 0.444. The molecule has 134 valence electrons. The first-order chi connectivity index (χ1) is 11.8. The lowest BCUT2D eigenvalue weighted by molar-refractivity contribution is 0.356. The van der Waals surface area contributed by atoms with Gasteiger partial charge in [0.15, 0.2) is 0 Å². The van der Waals surface area contributed by atoms with E-state index in [1.165, 1.54) is 6.07 Å². The van der Waals surface area contributed by atoms with Crippen molar-refractivity contribution in [1.82, 2.24) is 9.55 Å². The average Bonchev–Trinajstić information content (AvgIpc) is 2.98. The van der Waals surface area contributed by atoms with Crippen molar-refractivity contribution in [2.75, 3.05) is 11.9 Å². The molecule has 0 bridgehead atoms. The molecule has 1 aliphatic heterocycles. The lowest BCUT2D eigenvalue weighted by Crippen LogP contribution is -2.38. The van der Waals surface area contributed by atoms with Crippen molar-refractivity contribution in [3.05, 3.63) is 55.5 Å². The Morgan fingerprint density at radius 2 is 2.00 bits per heavy atom. The van der Waals surface area contributed by atoms with Gasteiger partial charge < -0.3 is 10.1 Å². The van der Waals surface area contributed by atoms with E-state index in [0.717, 1.165) is 10.1 Å². The molecule has 2 heterocycles. The molecule has 0 radical (unpaired) electrons. The Hall–Kier alpha value is -2.57. The topological polar surface area (TPSA) is 76.1 Å². The van der Waals surface area contributed by atoms with Crippen LogP contribution in [0.5, 0.6) is 5.75 Å². The second-order valence-electron chi connectivity index (χ2n) is 6.64. The van der Waals surface area contributed by atoms with Gasteiger partial charge in [-0.05, 0) is 39.8 Å². The number of aromatic amines is 1. The monoisotopic (exact) mass is 347 g/mol. The van der Waals surface area contributed by atoms with Gasteiger partial charge in [-0.25, -0.2) is 9.18 Å². The van der Waals surface area contributed by atoms with Crippen LogP contribution in [0.3, 0.4) is 0 Å². The van der Waals surface area contributed by atoms with Crippen LogP contribution in [0.25, 0.3) is 0 Å². The molecule has 0 aliphatic carbocycles. The lowest BCUT2D eigenvalue weighted by Gasteiger charge is -2.19. The third kappa shape index (κ3) is 3.06. The van der Waals surface area contributed by atoms with Crippen molar-refractivity contribution in [3.8, 4) is 5.75 Å². The van der Waals surface area contributed by atoms with Crippen LogP contribution in [0.4, 0.5) is 10.2 Å². The summed E-state index contributed by atoms with van der Waals surface area (Å²) >= 11 is 0. The highest BCUT2D eigenvalue weighted by Gasteiger charge is 2.21. The first kappa shape index (κ1) is 17.3. The Morgan fingerprint density at radius 1 is 1.28 bits per heavy atom. The lowest BCUT2D eigenvalue weighted by atomic mass is 10.0. The molecule has 2 N–H and O–H groups in total. The summed E-state index contributed by atoms with van der Waals surface area (Å²) in [6.07, 6.45) is 0.703. The Kier molecular flexibility index (Phi) is 4.41.